The fraction of sp³-hybridized carbons (Fsp3) is 0.588. The Morgan fingerprint density at radius 3 is 2.68 bits per heavy atom. The smallest absolute Gasteiger partial charge is 0.249 e. The van der Waals surface area contributed by atoms with Crippen LogP contribution in [0.15, 0.2) is 12.1 Å². The lowest BCUT2D eigenvalue weighted by Gasteiger charge is -2.43. The third-order valence-corrected chi connectivity index (χ3v) is 4.10. The maximum Gasteiger partial charge on any atom is 0.249 e. The molecule has 1 aliphatic heterocycles. The predicted octanol–water partition coefficient (Wildman–Crippen LogP) is 2.74. The Hall–Kier alpha value is -1.62. The van der Waals surface area contributed by atoms with Crippen LogP contribution >= 0.6 is 0 Å². The van der Waals surface area contributed by atoms with E-state index in [0.29, 0.717) is 24.2 Å². The summed E-state index contributed by atoms with van der Waals surface area (Å²) < 4.78 is 19.6. The first kappa shape index (κ1) is 16.7. The molecule has 4 nitrogen and oxygen atoms in total. The Balaban J connectivity index is 2.37. The van der Waals surface area contributed by atoms with Crippen LogP contribution in [0.4, 0.5) is 4.39 Å². The first-order valence-electron chi connectivity index (χ1n) is 7.76. The van der Waals surface area contributed by atoms with E-state index in [4.69, 9.17) is 10.5 Å². The van der Waals surface area contributed by atoms with Gasteiger partial charge in [0.25, 0.3) is 0 Å². The van der Waals surface area contributed by atoms with Crippen LogP contribution in [-0.2, 0) is 6.42 Å². The lowest BCUT2D eigenvalue weighted by atomic mass is 9.92. The summed E-state index contributed by atoms with van der Waals surface area (Å²) in [4.78, 5) is 14.0. The Labute approximate surface area is 131 Å². The van der Waals surface area contributed by atoms with Gasteiger partial charge >= 0.3 is 0 Å². The highest BCUT2D eigenvalue weighted by Crippen LogP contribution is 2.34. The van der Waals surface area contributed by atoms with Crippen molar-refractivity contribution in [2.24, 2.45) is 5.73 Å². The zero-order valence-corrected chi connectivity index (χ0v) is 13.8. The molecule has 0 bridgehead atoms. The lowest BCUT2D eigenvalue weighted by Crippen LogP contribution is -2.53. The SMILES string of the molecule is CCCN([C@@H]1COc2c(F)ccc(C(N)=O)c2C1)C(C)(C)C. The summed E-state index contributed by atoms with van der Waals surface area (Å²) in [6.07, 6.45) is 1.59. The number of amides is 1. The third kappa shape index (κ3) is 3.24. The second-order valence-corrected chi connectivity index (χ2v) is 6.80. The Morgan fingerprint density at radius 1 is 1.45 bits per heavy atom. The number of ether oxygens (including phenoxy) is 1. The molecule has 0 saturated heterocycles. The molecule has 1 atom stereocenters. The lowest BCUT2D eigenvalue weighted by molar-refractivity contribution is 0.0423. The highest BCUT2D eigenvalue weighted by atomic mass is 19.1. The maximum atomic E-state index is 13.9. The molecule has 0 spiro atoms. The molecule has 0 saturated carbocycles. The van der Waals surface area contributed by atoms with Crippen LogP contribution in [0.2, 0.25) is 0 Å². The average Bonchev–Trinajstić information content (AvgIpc) is 2.43. The summed E-state index contributed by atoms with van der Waals surface area (Å²) in [6, 6.07) is 2.79. The fourth-order valence-electron chi connectivity index (χ4n) is 3.17. The van der Waals surface area contributed by atoms with Crippen LogP contribution in [-0.4, -0.2) is 35.5 Å². The monoisotopic (exact) mass is 308 g/mol. The van der Waals surface area contributed by atoms with Gasteiger partial charge in [-0.2, -0.15) is 0 Å². The Kier molecular flexibility index (Phi) is 4.75. The number of hydrogen-bond donors (Lipinski definition) is 1. The van der Waals surface area contributed by atoms with Crippen LogP contribution in [0.5, 0.6) is 5.75 Å². The molecular formula is C17H25FN2O2. The molecule has 1 amide bonds. The van der Waals surface area contributed by atoms with Gasteiger partial charge in [0.1, 0.15) is 6.61 Å². The normalized spacial score (nSPS) is 18.0. The standard InChI is InChI=1S/C17H25FN2O2/c1-5-8-20(17(2,3)4)11-9-13-12(16(19)21)6-7-14(18)15(13)22-10-11/h6-7,11H,5,8-10H2,1-4H3,(H2,19,21)/t11-/m0/s1. The maximum absolute atomic E-state index is 13.9. The molecule has 0 fully saturated rings. The van der Waals surface area contributed by atoms with E-state index in [-0.39, 0.29) is 17.3 Å². The number of halogens is 1. The van der Waals surface area contributed by atoms with Gasteiger partial charge in [-0.05, 0) is 52.3 Å². The second kappa shape index (κ2) is 6.24. The van der Waals surface area contributed by atoms with Crippen molar-refractivity contribution in [3.05, 3.63) is 29.1 Å². The molecule has 0 aromatic heterocycles. The van der Waals surface area contributed by atoms with Crippen molar-refractivity contribution in [3.63, 3.8) is 0 Å². The van der Waals surface area contributed by atoms with Crippen LogP contribution in [0.25, 0.3) is 0 Å². The number of hydrogen-bond acceptors (Lipinski definition) is 3. The first-order valence-corrected chi connectivity index (χ1v) is 7.76. The second-order valence-electron chi connectivity index (χ2n) is 6.80. The Morgan fingerprint density at radius 2 is 2.14 bits per heavy atom. The number of carbonyl (C=O) groups excluding carboxylic acids is 1. The molecule has 122 valence electrons. The van der Waals surface area contributed by atoms with Crippen molar-refractivity contribution >= 4 is 5.91 Å². The molecular weight excluding hydrogens is 283 g/mol. The van der Waals surface area contributed by atoms with Gasteiger partial charge in [-0.1, -0.05) is 6.92 Å². The van der Waals surface area contributed by atoms with Crippen LogP contribution in [0.3, 0.4) is 0 Å². The number of nitrogens with two attached hydrogens (primary N) is 1. The summed E-state index contributed by atoms with van der Waals surface area (Å²) >= 11 is 0. The molecule has 2 N–H and O–H groups in total. The molecule has 1 aliphatic rings. The Bertz CT molecular complexity index is 567. The number of primary amides is 1. The summed E-state index contributed by atoms with van der Waals surface area (Å²) in [6.45, 7) is 9.93. The average molecular weight is 308 g/mol. The molecule has 1 aromatic rings. The summed E-state index contributed by atoms with van der Waals surface area (Å²) in [5.74, 6) is -0.799. The van der Waals surface area contributed by atoms with E-state index < -0.39 is 11.7 Å². The van der Waals surface area contributed by atoms with Crippen molar-refractivity contribution in [2.45, 2.75) is 52.1 Å². The number of carbonyl (C=O) groups is 1. The van der Waals surface area contributed by atoms with E-state index in [9.17, 15) is 9.18 Å². The van der Waals surface area contributed by atoms with Crippen molar-refractivity contribution in [2.75, 3.05) is 13.2 Å². The van der Waals surface area contributed by atoms with Crippen LogP contribution in [0.1, 0.15) is 50.0 Å². The van der Waals surface area contributed by atoms with Gasteiger partial charge in [-0.25, -0.2) is 4.39 Å². The molecule has 2 rings (SSSR count). The molecule has 22 heavy (non-hydrogen) atoms. The van der Waals surface area contributed by atoms with Crippen molar-refractivity contribution in [1.82, 2.24) is 4.90 Å². The topological polar surface area (TPSA) is 55.6 Å². The van der Waals surface area contributed by atoms with E-state index in [1.54, 1.807) is 0 Å². The highest BCUT2D eigenvalue weighted by Gasteiger charge is 2.34. The van der Waals surface area contributed by atoms with Gasteiger partial charge < -0.3 is 10.5 Å². The van der Waals surface area contributed by atoms with E-state index >= 15 is 0 Å². The van der Waals surface area contributed by atoms with Gasteiger partial charge in [0.15, 0.2) is 11.6 Å². The predicted molar refractivity (Wildman–Crippen MR) is 84.7 cm³/mol. The van der Waals surface area contributed by atoms with Crippen molar-refractivity contribution < 1.29 is 13.9 Å². The zero-order chi connectivity index (χ0) is 16.5. The minimum absolute atomic E-state index is 0.0260. The van der Waals surface area contributed by atoms with Crippen molar-refractivity contribution in [3.8, 4) is 5.75 Å². The zero-order valence-electron chi connectivity index (χ0n) is 13.8. The minimum atomic E-state index is -0.543. The van der Waals surface area contributed by atoms with Gasteiger partial charge in [0, 0.05) is 22.7 Å². The molecule has 0 aliphatic carbocycles. The van der Waals surface area contributed by atoms with Crippen molar-refractivity contribution in [1.29, 1.82) is 0 Å². The molecule has 0 unspecified atom stereocenters. The van der Waals surface area contributed by atoms with Gasteiger partial charge in [-0.15, -0.1) is 0 Å². The van der Waals surface area contributed by atoms with Crippen LogP contribution in [0, 0.1) is 5.82 Å². The quantitative estimate of drug-likeness (QED) is 0.930. The fourth-order valence-corrected chi connectivity index (χ4v) is 3.17. The number of benzene rings is 1. The first-order chi connectivity index (χ1) is 10.3. The summed E-state index contributed by atoms with van der Waals surface area (Å²) in [5, 5.41) is 0. The summed E-state index contributed by atoms with van der Waals surface area (Å²) in [5.41, 5.74) is 6.34. The molecule has 1 heterocycles. The number of rotatable bonds is 4. The highest BCUT2D eigenvalue weighted by molar-refractivity contribution is 5.95. The van der Waals surface area contributed by atoms with E-state index in [0.717, 1.165) is 13.0 Å². The van der Waals surface area contributed by atoms with E-state index in [1.807, 2.05) is 0 Å². The van der Waals surface area contributed by atoms with E-state index in [2.05, 4.69) is 32.6 Å². The molecule has 1 aromatic carbocycles. The van der Waals surface area contributed by atoms with E-state index in [1.165, 1.54) is 12.1 Å². The minimum Gasteiger partial charge on any atom is -0.489 e. The van der Waals surface area contributed by atoms with Gasteiger partial charge in [-0.3, -0.25) is 9.69 Å². The molecule has 5 heteroatoms. The largest absolute Gasteiger partial charge is 0.489 e. The van der Waals surface area contributed by atoms with Gasteiger partial charge in [0.2, 0.25) is 5.91 Å². The third-order valence-electron chi connectivity index (χ3n) is 4.10. The molecule has 0 radical (unpaired) electrons. The number of nitrogens with zero attached hydrogens (tertiary/aromatic N) is 1. The van der Waals surface area contributed by atoms with Crippen LogP contribution < -0.4 is 10.5 Å². The van der Waals surface area contributed by atoms with Gasteiger partial charge in [0.05, 0.1) is 0 Å². The number of fused-ring (bicyclic) bond motifs is 1. The summed E-state index contributed by atoms with van der Waals surface area (Å²) in [7, 11) is 0.